The third-order valence-electron chi connectivity index (χ3n) is 5.99. The highest BCUT2D eigenvalue weighted by Gasteiger charge is 2.31. The Morgan fingerprint density at radius 2 is 1.65 bits per heavy atom. The molecule has 2 aromatic carbocycles. The Morgan fingerprint density at radius 1 is 0.903 bits per heavy atom. The van der Waals surface area contributed by atoms with E-state index in [1.807, 2.05) is 65.3 Å². The summed E-state index contributed by atoms with van der Waals surface area (Å²) in [6.07, 6.45) is 4.03. The van der Waals surface area contributed by atoms with Gasteiger partial charge in [0.05, 0.1) is 18.2 Å². The van der Waals surface area contributed by atoms with Gasteiger partial charge in [-0.15, -0.1) is 0 Å². The number of hydrogen-bond donors (Lipinski definition) is 0. The van der Waals surface area contributed by atoms with Gasteiger partial charge in [0.1, 0.15) is 18.1 Å². The van der Waals surface area contributed by atoms with Crippen LogP contribution in [-0.4, -0.2) is 60.5 Å². The van der Waals surface area contributed by atoms with Gasteiger partial charge < -0.3 is 19.3 Å². The fraction of sp³-hybridized carbons (Fsp3) is 0.440. The number of rotatable bonds is 7. The molecule has 0 unspecified atom stereocenters. The van der Waals surface area contributed by atoms with Crippen molar-refractivity contribution < 1.29 is 19.1 Å². The molecule has 2 amide bonds. The van der Waals surface area contributed by atoms with Crippen molar-refractivity contribution in [1.29, 1.82) is 0 Å². The van der Waals surface area contributed by atoms with E-state index >= 15 is 0 Å². The van der Waals surface area contributed by atoms with Crippen molar-refractivity contribution >= 4 is 11.8 Å². The topological polar surface area (TPSA) is 59.1 Å². The Balaban J connectivity index is 1.37. The molecule has 2 aromatic rings. The number of ether oxygens (including phenoxy) is 2. The van der Waals surface area contributed by atoms with E-state index in [1.165, 1.54) is 0 Å². The van der Waals surface area contributed by atoms with Crippen LogP contribution in [0.1, 0.15) is 53.3 Å². The Kier molecular flexibility index (Phi) is 6.75. The van der Waals surface area contributed by atoms with Crippen LogP contribution in [0.25, 0.3) is 0 Å². The first kappa shape index (κ1) is 21.2. The van der Waals surface area contributed by atoms with Gasteiger partial charge in [-0.1, -0.05) is 12.1 Å². The van der Waals surface area contributed by atoms with Crippen LogP contribution < -0.4 is 9.47 Å². The van der Waals surface area contributed by atoms with Crippen molar-refractivity contribution in [2.24, 2.45) is 0 Å². The van der Waals surface area contributed by atoms with Crippen LogP contribution in [0.4, 0.5) is 0 Å². The Hall–Kier alpha value is -3.02. The van der Waals surface area contributed by atoms with E-state index in [0.29, 0.717) is 35.8 Å². The average Bonchev–Trinajstić information content (AvgIpc) is 3.50. The first-order valence-electron chi connectivity index (χ1n) is 11.2. The second kappa shape index (κ2) is 9.86. The molecule has 4 rings (SSSR count). The highest BCUT2D eigenvalue weighted by Crippen LogP contribution is 2.26. The molecule has 0 aliphatic carbocycles. The molecule has 0 N–H and O–H groups in total. The lowest BCUT2D eigenvalue weighted by Crippen LogP contribution is -2.39. The van der Waals surface area contributed by atoms with Crippen molar-refractivity contribution in [3.05, 3.63) is 59.7 Å². The normalized spacial score (nSPS) is 18.3. The van der Waals surface area contributed by atoms with Gasteiger partial charge in [-0.25, -0.2) is 0 Å². The van der Waals surface area contributed by atoms with Crippen molar-refractivity contribution in [1.82, 2.24) is 9.80 Å². The summed E-state index contributed by atoms with van der Waals surface area (Å²) < 4.78 is 11.6. The molecule has 0 aromatic heterocycles. The van der Waals surface area contributed by atoms with Crippen LogP contribution in [0.2, 0.25) is 0 Å². The van der Waals surface area contributed by atoms with E-state index < -0.39 is 0 Å². The van der Waals surface area contributed by atoms with Gasteiger partial charge in [-0.05, 0) is 69.0 Å². The highest BCUT2D eigenvalue weighted by molar-refractivity contribution is 5.97. The maximum atomic E-state index is 13.2. The fourth-order valence-corrected chi connectivity index (χ4v) is 4.34. The third-order valence-corrected chi connectivity index (χ3v) is 5.99. The molecule has 31 heavy (non-hydrogen) atoms. The van der Waals surface area contributed by atoms with Gasteiger partial charge in [0.15, 0.2) is 0 Å². The molecule has 6 nitrogen and oxygen atoms in total. The molecule has 0 saturated carbocycles. The van der Waals surface area contributed by atoms with Crippen LogP contribution in [-0.2, 0) is 0 Å². The Bertz CT molecular complexity index is 906. The highest BCUT2D eigenvalue weighted by atomic mass is 16.5. The molecule has 2 saturated heterocycles. The number of amides is 2. The van der Waals surface area contributed by atoms with Gasteiger partial charge in [0.2, 0.25) is 0 Å². The zero-order chi connectivity index (χ0) is 21.6. The lowest BCUT2D eigenvalue weighted by molar-refractivity contribution is 0.0686. The van der Waals surface area contributed by atoms with Crippen LogP contribution >= 0.6 is 0 Å². The van der Waals surface area contributed by atoms with Crippen LogP contribution in [0.15, 0.2) is 48.5 Å². The summed E-state index contributed by atoms with van der Waals surface area (Å²) in [7, 11) is 0. The van der Waals surface area contributed by atoms with Crippen molar-refractivity contribution in [3.8, 4) is 11.5 Å². The molecular formula is C25H30N2O4. The average molecular weight is 423 g/mol. The fourth-order valence-electron chi connectivity index (χ4n) is 4.34. The molecule has 2 heterocycles. The quantitative estimate of drug-likeness (QED) is 0.677. The summed E-state index contributed by atoms with van der Waals surface area (Å²) in [5.74, 6) is 1.41. The lowest BCUT2D eigenvalue weighted by Gasteiger charge is -2.25. The van der Waals surface area contributed by atoms with Crippen LogP contribution in [0.5, 0.6) is 11.5 Å². The van der Waals surface area contributed by atoms with Gasteiger partial charge in [-0.2, -0.15) is 0 Å². The number of likely N-dealkylation sites (tertiary alicyclic amines) is 2. The number of carbonyl (C=O) groups excluding carboxylic acids is 2. The van der Waals surface area contributed by atoms with Crippen molar-refractivity contribution in [2.75, 3.05) is 32.8 Å². The van der Waals surface area contributed by atoms with E-state index in [1.54, 1.807) is 0 Å². The summed E-state index contributed by atoms with van der Waals surface area (Å²) in [5, 5.41) is 0. The monoisotopic (exact) mass is 422 g/mol. The Labute approximate surface area is 183 Å². The predicted octanol–water partition coefficient (Wildman–Crippen LogP) is 4.00. The van der Waals surface area contributed by atoms with E-state index in [-0.39, 0.29) is 17.9 Å². The summed E-state index contributed by atoms with van der Waals surface area (Å²) in [6, 6.07) is 14.8. The lowest BCUT2D eigenvalue weighted by atomic mass is 10.1. The standard InChI is InChI=1S/C25H30N2O4/c1-2-30-23-10-4-3-9-22(23)25(29)27-17-7-8-20(27)18-31-21-13-11-19(12-14-21)24(28)26-15-5-6-16-26/h3-4,9-14,20H,2,5-8,15-18H2,1H3/t20-/m1/s1. The second-order valence-electron chi connectivity index (χ2n) is 8.06. The molecule has 2 aliphatic heterocycles. The largest absolute Gasteiger partial charge is 0.493 e. The number of hydrogen-bond acceptors (Lipinski definition) is 4. The minimum Gasteiger partial charge on any atom is -0.493 e. The maximum absolute atomic E-state index is 13.2. The third kappa shape index (κ3) is 4.84. The summed E-state index contributed by atoms with van der Waals surface area (Å²) in [4.78, 5) is 29.4. The molecule has 164 valence electrons. The number of nitrogens with zero attached hydrogens (tertiary/aromatic N) is 2. The molecular weight excluding hydrogens is 392 g/mol. The van der Waals surface area contributed by atoms with E-state index in [0.717, 1.165) is 45.3 Å². The van der Waals surface area contributed by atoms with Crippen molar-refractivity contribution in [3.63, 3.8) is 0 Å². The predicted molar refractivity (Wildman–Crippen MR) is 119 cm³/mol. The van der Waals surface area contributed by atoms with E-state index in [9.17, 15) is 9.59 Å². The number of carbonyl (C=O) groups is 2. The molecule has 2 aliphatic rings. The van der Waals surface area contributed by atoms with Crippen LogP contribution in [0.3, 0.4) is 0 Å². The first-order valence-corrected chi connectivity index (χ1v) is 11.2. The van der Waals surface area contributed by atoms with Gasteiger partial charge in [0, 0.05) is 25.2 Å². The molecule has 6 heteroatoms. The molecule has 1 atom stereocenters. The smallest absolute Gasteiger partial charge is 0.257 e. The molecule has 0 radical (unpaired) electrons. The first-order chi connectivity index (χ1) is 15.2. The molecule has 2 fully saturated rings. The minimum atomic E-state index is -0.0123. The second-order valence-corrected chi connectivity index (χ2v) is 8.06. The SMILES string of the molecule is CCOc1ccccc1C(=O)N1CCC[C@@H]1COc1ccc(C(=O)N2CCCC2)cc1. The summed E-state index contributed by atoms with van der Waals surface area (Å²) >= 11 is 0. The Morgan fingerprint density at radius 3 is 2.39 bits per heavy atom. The summed E-state index contributed by atoms with van der Waals surface area (Å²) in [6.45, 7) is 5.27. The van der Waals surface area contributed by atoms with E-state index in [4.69, 9.17) is 9.47 Å². The molecule has 0 spiro atoms. The molecule has 0 bridgehead atoms. The zero-order valence-corrected chi connectivity index (χ0v) is 18.1. The van der Waals surface area contributed by atoms with Crippen molar-refractivity contribution in [2.45, 2.75) is 38.6 Å². The number of para-hydroxylation sites is 1. The maximum Gasteiger partial charge on any atom is 0.257 e. The van der Waals surface area contributed by atoms with Gasteiger partial charge >= 0.3 is 0 Å². The van der Waals surface area contributed by atoms with Gasteiger partial charge in [-0.3, -0.25) is 9.59 Å². The minimum absolute atomic E-state index is 0.0123. The van der Waals surface area contributed by atoms with E-state index in [2.05, 4.69) is 0 Å². The van der Waals surface area contributed by atoms with Crippen LogP contribution in [0, 0.1) is 0 Å². The zero-order valence-electron chi connectivity index (χ0n) is 18.1. The summed E-state index contributed by atoms with van der Waals surface area (Å²) in [5.41, 5.74) is 1.29. The van der Waals surface area contributed by atoms with Gasteiger partial charge in [0.25, 0.3) is 11.8 Å². The number of benzene rings is 2.